The van der Waals surface area contributed by atoms with Gasteiger partial charge in [0.05, 0.1) is 19.0 Å². The van der Waals surface area contributed by atoms with E-state index in [2.05, 4.69) is 19.7 Å². The fourth-order valence-electron chi connectivity index (χ4n) is 1.68. The molecule has 0 aliphatic carbocycles. The molecule has 0 N–H and O–H groups in total. The summed E-state index contributed by atoms with van der Waals surface area (Å²) in [6.07, 6.45) is 8.83. The summed E-state index contributed by atoms with van der Waals surface area (Å²) in [5.41, 5.74) is 0.856. The zero-order valence-electron chi connectivity index (χ0n) is 11.6. The van der Waals surface area contributed by atoms with Gasteiger partial charge in [0.15, 0.2) is 0 Å². The van der Waals surface area contributed by atoms with Gasteiger partial charge in [-0.15, -0.1) is 22.7 Å². The second kappa shape index (κ2) is 6.59. The molecule has 7 heteroatoms. The lowest BCUT2D eigenvalue weighted by atomic mass is 10.4. The van der Waals surface area contributed by atoms with Gasteiger partial charge in [-0.25, -0.2) is 14.8 Å². The number of pyridine rings is 1. The van der Waals surface area contributed by atoms with Crippen molar-refractivity contribution in [1.82, 2.24) is 15.0 Å². The molecule has 3 aromatic heterocycles. The standard InChI is InChI=1S/C15H11N3O2S2/c1-20-15(19)12-9-17-13(22-12)6-5-10-8-18-14(21-10)11-4-2-3-7-16-11/h2-9H,1H3/b6-5+. The Morgan fingerprint density at radius 3 is 2.82 bits per heavy atom. The number of nitrogens with zero attached hydrogens (tertiary/aromatic N) is 3. The molecule has 0 aromatic carbocycles. The summed E-state index contributed by atoms with van der Waals surface area (Å²) >= 11 is 2.84. The van der Waals surface area contributed by atoms with Crippen LogP contribution in [0.25, 0.3) is 22.9 Å². The molecule has 0 aliphatic heterocycles. The Labute approximate surface area is 135 Å². The molecule has 0 fully saturated rings. The lowest BCUT2D eigenvalue weighted by Gasteiger charge is -1.91. The second-order valence-corrected chi connectivity index (χ2v) is 6.29. The smallest absolute Gasteiger partial charge is 0.349 e. The summed E-state index contributed by atoms with van der Waals surface area (Å²) < 4.78 is 4.66. The van der Waals surface area contributed by atoms with Crippen molar-refractivity contribution in [2.75, 3.05) is 7.11 Å². The van der Waals surface area contributed by atoms with Crippen LogP contribution in [0.2, 0.25) is 0 Å². The first-order valence-electron chi connectivity index (χ1n) is 6.36. The van der Waals surface area contributed by atoms with Crippen molar-refractivity contribution in [2.24, 2.45) is 0 Å². The number of ether oxygens (including phenoxy) is 1. The van der Waals surface area contributed by atoms with Crippen molar-refractivity contribution in [3.8, 4) is 10.7 Å². The van der Waals surface area contributed by atoms with Gasteiger partial charge >= 0.3 is 5.97 Å². The molecule has 0 spiro atoms. The predicted molar refractivity (Wildman–Crippen MR) is 87.7 cm³/mol. The highest BCUT2D eigenvalue weighted by molar-refractivity contribution is 7.16. The Hall–Kier alpha value is -2.38. The summed E-state index contributed by atoms with van der Waals surface area (Å²) in [5.74, 6) is -0.368. The van der Waals surface area contributed by atoms with Gasteiger partial charge in [0.25, 0.3) is 0 Å². The van der Waals surface area contributed by atoms with Crippen molar-refractivity contribution < 1.29 is 9.53 Å². The third-order valence-electron chi connectivity index (χ3n) is 2.71. The Kier molecular flexibility index (Phi) is 4.36. The highest BCUT2D eigenvalue weighted by atomic mass is 32.1. The van der Waals surface area contributed by atoms with Crippen LogP contribution in [0.3, 0.4) is 0 Å². The third kappa shape index (κ3) is 3.26. The van der Waals surface area contributed by atoms with E-state index >= 15 is 0 Å². The number of thiazole rings is 2. The van der Waals surface area contributed by atoms with Gasteiger partial charge < -0.3 is 4.74 Å². The summed E-state index contributed by atoms with van der Waals surface area (Å²) in [6.45, 7) is 0. The molecule has 22 heavy (non-hydrogen) atoms. The third-order valence-corrected chi connectivity index (χ3v) is 4.64. The summed E-state index contributed by atoms with van der Waals surface area (Å²) in [4.78, 5) is 25.7. The number of carbonyl (C=O) groups is 1. The maximum atomic E-state index is 11.4. The highest BCUT2D eigenvalue weighted by Crippen LogP contribution is 2.25. The molecule has 0 unspecified atom stereocenters. The lowest BCUT2D eigenvalue weighted by molar-refractivity contribution is 0.0606. The number of rotatable bonds is 4. The molecule has 3 aromatic rings. The Bertz CT molecular complexity index is 809. The Morgan fingerprint density at radius 1 is 1.14 bits per heavy atom. The van der Waals surface area contributed by atoms with Crippen LogP contribution in [0.4, 0.5) is 0 Å². The van der Waals surface area contributed by atoms with Crippen molar-refractivity contribution in [2.45, 2.75) is 0 Å². The Morgan fingerprint density at radius 2 is 2.05 bits per heavy atom. The minimum atomic E-state index is -0.368. The highest BCUT2D eigenvalue weighted by Gasteiger charge is 2.09. The average molecular weight is 329 g/mol. The summed E-state index contributed by atoms with van der Waals surface area (Å²) in [6, 6.07) is 5.73. The SMILES string of the molecule is COC(=O)c1cnc(/C=C/c2cnc(-c3ccccn3)s2)s1. The van der Waals surface area contributed by atoms with Crippen LogP contribution in [0.1, 0.15) is 19.6 Å². The van der Waals surface area contributed by atoms with Gasteiger partial charge in [0.2, 0.25) is 0 Å². The van der Waals surface area contributed by atoms with Crippen LogP contribution in [0.15, 0.2) is 36.8 Å². The first kappa shape index (κ1) is 14.6. The van der Waals surface area contributed by atoms with Crippen LogP contribution >= 0.6 is 22.7 Å². The average Bonchev–Trinajstić information content (AvgIpc) is 3.22. The number of hydrogen-bond acceptors (Lipinski definition) is 7. The molecule has 110 valence electrons. The van der Waals surface area contributed by atoms with Crippen LogP contribution in [-0.4, -0.2) is 28.0 Å². The van der Waals surface area contributed by atoms with Gasteiger partial charge in [0, 0.05) is 17.3 Å². The topological polar surface area (TPSA) is 65.0 Å². The fourth-order valence-corrected chi connectivity index (χ4v) is 3.22. The van der Waals surface area contributed by atoms with Crippen molar-refractivity contribution in [1.29, 1.82) is 0 Å². The predicted octanol–water partition coefficient (Wildman–Crippen LogP) is 3.62. The second-order valence-electron chi connectivity index (χ2n) is 4.17. The normalized spacial score (nSPS) is 11.0. The molecule has 0 radical (unpaired) electrons. The molecule has 0 saturated carbocycles. The van der Waals surface area contributed by atoms with E-state index in [9.17, 15) is 4.79 Å². The number of carbonyl (C=O) groups excluding carboxylic acids is 1. The van der Waals surface area contributed by atoms with E-state index < -0.39 is 0 Å². The van der Waals surface area contributed by atoms with Crippen LogP contribution in [0.5, 0.6) is 0 Å². The molecule has 3 rings (SSSR count). The van der Waals surface area contributed by atoms with Gasteiger partial charge in [-0.1, -0.05) is 6.07 Å². The van der Waals surface area contributed by atoms with Crippen molar-refractivity contribution in [3.63, 3.8) is 0 Å². The lowest BCUT2D eigenvalue weighted by Crippen LogP contribution is -1.96. The van der Waals surface area contributed by atoms with Crippen LogP contribution < -0.4 is 0 Å². The molecule has 5 nitrogen and oxygen atoms in total. The summed E-state index contributed by atoms with van der Waals surface area (Å²) in [5, 5.41) is 1.61. The van der Waals surface area contributed by atoms with E-state index in [0.29, 0.717) is 4.88 Å². The van der Waals surface area contributed by atoms with Gasteiger partial charge in [0.1, 0.15) is 14.9 Å². The number of aromatic nitrogens is 3. The number of hydrogen-bond donors (Lipinski definition) is 0. The van der Waals surface area contributed by atoms with Gasteiger partial charge in [-0.05, 0) is 24.3 Å². The molecular formula is C15H11N3O2S2. The van der Waals surface area contributed by atoms with E-state index in [4.69, 9.17) is 0 Å². The maximum Gasteiger partial charge on any atom is 0.349 e. The molecule has 0 amide bonds. The van der Waals surface area contributed by atoms with E-state index in [0.717, 1.165) is 20.6 Å². The van der Waals surface area contributed by atoms with E-state index in [-0.39, 0.29) is 5.97 Å². The molecule has 3 heterocycles. The minimum absolute atomic E-state index is 0.368. The quantitative estimate of drug-likeness (QED) is 0.684. The van der Waals surface area contributed by atoms with Crippen LogP contribution in [0, 0.1) is 0 Å². The van der Waals surface area contributed by atoms with E-state index in [1.54, 1.807) is 23.7 Å². The summed E-state index contributed by atoms with van der Waals surface area (Å²) in [7, 11) is 1.36. The minimum Gasteiger partial charge on any atom is -0.465 e. The maximum absolute atomic E-state index is 11.4. The molecule has 0 saturated heterocycles. The van der Waals surface area contributed by atoms with Gasteiger partial charge in [-0.3, -0.25) is 4.98 Å². The molecule has 0 atom stereocenters. The number of methoxy groups -OCH3 is 1. The molecular weight excluding hydrogens is 318 g/mol. The first-order valence-corrected chi connectivity index (χ1v) is 7.99. The number of esters is 1. The Balaban J connectivity index is 1.75. The largest absolute Gasteiger partial charge is 0.465 e. The monoisotopic (exact) mass is 329 g/mol. The van der Waals surface area contributed by atoms with Crippen molar-refractivity contribution in [3.05, 3.63) is 51.6 Å². The molecule has 0 bridgehead atoms. The zero-order chi connectivity index (χ0) is 15.4. The van der Waals surface area contributed by atoms with E-state index in [1.807, 2.05) is 30.4 Å². The van der Waals surface area contributed by atoms with E-state index in [1.165, 1.54) is 24.6 Å². The van der Waals surface area contributed by atoms with Gasteiger partial charge in [-0.2, -0.15) is 0 Å². The fraction of sp³-hybridized carbons (Fsp3) is 0.0667. The first-order chi connectivity index (χ1) is 10.8. The zero-order valence-corrected chi connectivity index (χ0v) is 13.2. The molecule has 0 aliphatic rings. The van der Waals surface area contributed by atoms with Crippen molar-refractivity contribution >= 4 is 40.8 Å². The van der Waals surface area contributed by atoms with Crippen LogP contribution in [-0.2, 0) is 4.74 Å².